The molecule has 0 N–H and O–H groups in total. The minimum absolute atomic E-state index is 0.0486. The van der Waals surface area contributed by atoms with Crippen molar-refractivity contribution in [3.05, 3.63) is 35.4 Å². The van der Waals surface area contributed by atoms with Gasteiger partial charge in [0, 0.05) is 18.4 Å². The van der Waals surface area contributed by atoms with Crippen molar-refractivity contribution >= 4 is 17.3 Å². The zero-order valence-corrected chi connectivity index (χ0v) is 13.3. The number of benzene rings is 1. The van der Waals surface area contributed by atoms with Crippen molar-refractivity contribution in [3.8, 4) is 0 Å². The number of Topliss-reactive ketones (excluding diaryl/α,β-unsaturated/α-hetero) is 2. The zero-order valence-electron chi connectivity index (χ0n) is 13.3. The SMILES string of the molecule is CCCCCCC(=O)C1CC(C(=O)c2ccccc2C)=NO1. The van der Waals surface area contributed by atoms with Gasteiger partial charge in [-0.2, -0.15) is 0 Å². The molecule has 1 aliphatic rings. The number of carbonyl (C=O) groups excluding carboxylic acids is 2. The fourth-order valence-corrected chi connectivity index (χ4v) is 2.55. The second kappa shape index (κ2) is 7.87. The van der Waals surface area contributed by atoms with E-state index in [1.54, 1.807) is 6.07 Å². The third kappa shape index (κ3) is 4.03. The highest BCUT2D eigenvalue weighted by atomic mass is 16.6. The summed E-state index contributed by atoms with van der Waals surface area (Å²) in [6.07, 6.45) is 4.45. The van der Waals surface area contributed by atoms with Crippen LogP contribution in [0.3, 0.4) is 0 Å². The topological polar surface area (TPSA) is 55.7 Å². The van der Waals surface area contributed by atoms with Gasteiger partial charge in [-0.05, 0) is 18.9 Å². The molecule has 1 aliphatic heterocycles. The Balaban J connectivity index is 1.88. The van der Waals surface area contributed by atoms with Crippen LogP contribution in [0, 0.1) is 6.92 Å². The van der Waals surface area contributed by atoms with E-state index in [9.17, 15) is 9.59 Å². The Morgan fingerprint density at radius 3 is 2.73 bits per heavy atom. The summed E-state index contributed by atoms with van der Waals surface area (Å²) >= 11 is 0. The number of nitrogens with zero attached hydrogens (tertiary/aromatic N) is 1. The van der Waals surface area contributed by atoms with Gasteiger partial charge in [-0.15, -0.1) is 0 Å². The Kier molecular flexibility index (Phi) is 5.87. The van der Waals surface area contributed by atoms with Gasteiger partial charge in [-0.3, -0.25) is 9.59 Å². The molecule has 1 atom stereocenters. The van der Waals surface area contributed by atoms with E-state index < -0.39 is 6.10 Å². The van der Waals surface area contributed by atoms with Crippen LogP contribution in [0.15, 0.2) is 29.4 Å². The highest BCUT2D eigenvalue weighted by Crippen LogP contribution is 2.19. The van der Waals surface area contributed by atoms with E-state index in [1.165, 1.54) is 0 Å². The molecule has 0 saturated carbocycles. The summed E-state index contributed by atoms with van der Waals surface area (Å²) in [5, 5.41) is 3.85. The number of oxime groups is 1. The molecule has 0 radical (unpaired) electrons. The Morgan fingerprint density at radius 2 is 2.00 bits per heavy atom. The molecule has 0 bridgehead atoms. The maximum atomic E-state index is 12.4. The molecular formula is C18H23NO3. The van der Waals surface area contributed by atoms with Gasteiger partial charge in [0.1, 0.15) is 5.71 Å². The summed E-state index contributed by atoms with van der Waals surface area (Å²) in [6, 6.07) is 7.38. The van der Waals surface area contributed by atoms with Gasteiger partial charge in [0.2, 0.25) is 5.78 Å². The molecule has 0 saturated heterocycles. The van der Waals surface area contributed by atoms with Crippen LogP contribution in [0.25, 0.3) is 0 Å². The highest BCUT2D eigenvalue weighted by molar-refractivity contribution is 6.46. The summed E-state index contributed by atoms with van der Waals surface area (Å²) in [5.74, 6) is -0.0909. The third-order valence-electron chi connectivity index (χ3n) is 3.96. The lowest BCUT2D eigenvalue weighted by Crippen LogP contribution is -2.23. The number of carbonyl (C=O) groups is 2. The van der Waals surface area contributed by atoms with Crippen molar-refractivity contribution in [3.63, 3.8) is 0 Å². The molecule has 0 aliphatic carbocycles. The fraction of sp³-hybridized carbons (Fsp3) is 0.500. The van der Waals surface area contributed by atoms with E-state index in [0.29, 0.717) is 24.1 Å². The molecule has 1 aromatic rings. The van der Waals surface area contributed by atoms with E-state index in [-0.39, 0.29) is 11.6 Å². The number of ketones is 2. The number of rotatable bonds is 8. The standard InChI is InChI=1S/C18H23NO3/c1-3-4-5-6-11-16(20)17-12-15(19-22-17)18(21)14-10-8-7-9-13(14)2/h7-10,17H,3-6,11-12H2,1-2H3. The van der Waals surface area contributed by atoms with Crippen LogP contribution in [-0.4, -0.2) is 23.4 Å². The molecule has 4 heteroatoms. The second-order valence-electron chi connectivity index (χ2n) is 5.76. The summed E-state index contributed by atoms with van der Waals surface area (Å²) in [4.78, 5) is 29.7. The van der Waals surface area contributed by atoms with Gasteiger partial charge in [0.25, 0.3) is 0 Å². The first-order valence-corrected chi connectivity index (χ1v) is 7.99. The van der Waals surface area contributed by atoms with E-state index in [0.717, 1.165) is 31.2 Å². The summed E-state index contributed by atoms with van der Waals surface area (Å²) in [7, 11) is 0. The highest BCUT2D eigenvalue weighted by Gasteiger charge is 2.31. The average Bonchev–Trinajstić information content (AvgIpc) is 3.01. The molecule has 0 aromatic heterocycles. The van der Waals surface area contributed by atoms with Gasteiger partial charge < -0.3 is 4.84 Å². The molecule has 22 heavy (non-hydrogen) atoms. The Morgan fingerprint density at radius 1 is 1.23 bits per heavy atom. The lowest BCUT2D eigenvalue weighted by atomic mass is 9.97. The number of hydrogen-bond donors (Lipinski definition) is 0. The largest absolute Gasteiger partial charge is 0.384 e. The Labute approximate surface area is 131 Å². The van der Waals surface area contributed by atoms with Crippen molar-refractivity contribution < 1.29 is 14.4 Å². The minimum atomic E-state index is -0.579. The summed E-state index contributed by atoms with van der Waals surface area (Å²) in [6.45, 7) is 4.03. The van der Waals surface area contributed by atoms with E-state index >= 15 is 0 Å². The maximum absolute atomic E-state index is 12.4. The van der Waals surface area contributed by atoms with Gasteiger partial charge in [-0.25, -0.2) is 0 Å². The molecule has 0 spiro atoms. The Bertz CT molecular complexity index is 577. The minimum Gasteiger partial charge on any atom is -0.384 e. The molecule has 118 valence electrons. The molecule has 4 nitrogen and oxygen atoms in total. The van der Waals surface area contributed by atoms with Crippen LogP contribution < -0.4 is 0 Å². The van der Waals surface area contributed by atoms with Crippen molar-refractivity contribution in [2.45, 2.75) is 58.5 Å². The van der Waals surface area contributed by atoms with E-state index in [1.807, 2.05) is 25.1 Å². The van der Waals surface area contributed by atoms with Crippen LogP contribution >= 0.6 is 0 Å². The van der Waals surface area contributed by atoms with Crippen LogP contribution in [0.2, 0.25) is 0 Å². The van der Waals surface area contributed by atoms with Gasteiger partial charge in [0.05, 0.1) is 0 Å². The van der Waals surface area contributed by atoms with E-state index in [4.69, 9.17) is 4.84 Å². The molecule has 0 fully saturated rings. The summed E-state index contributed by atoms with van der Waals surface area (Å²) in [5.41, 5.74) is 1.88. The maximum Gasteiger partial charge on any atom is 0.210 e. The van der Waals surface area contributed by atoms with Crippen molar-refractivity contribution in [1.82, 2.24) is 0 Å². The first-order valence-electron chi connectivity index (χ1n) is 7.99. The molecule has 0 amide bonds. The average molecular weight is 301 g/mol. The number of unbranched alkanes of at least 4 members (excludes halogenated alkanes) is 3. The first-order chi connectivity index (χ1) is 10.6. The Hall–Kier alpha value is -1.97. The van der Waals surface area contributed by atoms with Crippen LogP contribution in [-0.2, 0) is 9.63 Å². The zero-order chi connectivity index (χ0) is 15.9. The number of aryl methyl sites for hydroxylation is 1. The second-order valence-corrected chi connectivity index (χ2v) is 5.76. The lowest BCUT2D eigenvalue weighted by molar-refractivity contribution is -0.129. The molecule has 1 aromatic carbocycles. The smallest absolute Gasteiger partial charge is 0.210 e. The van der Waals surface area contributed by atoms with Crippen LogP contribution in [0.1, 0.15) is 61.4 Å². The molecule has 1 heterocycles. The predicted molar refractivity (Wildman–Crippen MR) is 86.2 cm³/mol. The fourth-order valence-electron chi connectivity index (χ4n) is 2.55. The van der Waals surface area contributed by atoms with Gasteiger partial charge in [0.15, 0.2) is 11.9 Å². The monoisotopic (exact) mass is 301 g/mol. The van der Waals surface area contributed by atoms with Crippen molar-refractivity contribution in [2.75, 3.05) is 0 Å². The molecule has 1 unspecified atom stereocenters. The van der Waals surface area contributed by atoms with Crippen molar-refractivity contribution in [2.24, 2.45) is 5.16 Å². The first kappa shape index (κ1) is 16.4. The quantitative estimate of drug-likeness (QED) is 0.541. The third-order valence-corrected chi connectivity index (χ3v) is 3.96. The van der Waals surface area contributed by atoms with Crippen molar-refractivity contribution in [1.29, 1.82) is 0 Å². The summed E-state index contributed by atoms with van der Waals surface area (Å²) < 4.78 is 0. The van der Waals surface area contributed by atoms with Crippen LogP contribution in [0.5, 0.6) is 0 Å². The molecule has 2 rings (SSSR count). The predicted octanol–water partition coefficient (Wildman–Crippen LogP) is 3.86. The normalized spacial score (nSPS) is 17.0. The van der Waals surface area contributed by atoms with Gasteiger partial charge >= 0.3 is 0 Å². The number of hydrogen-bond acceptors (Lipinski definition) is 4. The van der Waals surface area contributed by atoms with Gasteiger partial charge in [-0.1, -0.05) is 55.6 Å². The van der Waals surface area contributed by atoms with Crippen LogP contribution in [0.4, 0.5) is 0 Å². The lowest BCUT2D eigenvalue weighted by Gasteiger charge is -2.06. The van der Waals surface area contributed by atoms with E-state index in [2.05, 4.69) is 12.1 Å². The molecular weight excluding hydrogens is 278 g/mol.